The highest BCUT2D eigenvalue weighted by molar-refractivity contribution is 7.07. The van der Waals surface area contributed by atoms with Crippen molar-refractivity contribution in [1.29, 1.82) is 0 Å². The molecular weight excluding hydrogens is 200 g/mol. The molecule has 1 saturated heterocycles. The molecule has 2 atom stereocenters. The molecule has 1 N–H and O–H groups in total. The van der Waals surface area contributed by atoms with E-state index in [-0.39, 0.29) is 11.8 Å². The second-order valence-electron chi connectivity index (χ2n) is 3.69. The summed E-state index contributed by atoms with van der Waals surface area (Å²) in [5.74, 6) is -0.960. The number of carboxylic acid groups (broad SMARTS) is 1. The SMILES string of the molecule is CN1C[C@H](C(=O)O)[C@@H](c2cscn2)C1. The molecule has 0 unspecified atom stereocenters. The van der Waals surface area contributed by atoms with Gasteiger partial charge in [-0.05, 0) is 7.05 Å². The third-order valence-corrected chi connectivity index (χ3v) is 3.26. The van der Waals surface area contributed by atoms with E-state index < -0.39 is 5.97 Å². The van der Waals surface area contributed by atoms with E-state index in [1.807, 2.05) is 17.3 Å². The Bertz CT molecular complexity index is 326. The van der Waals surface area contributed by atoms with E-state index in [2.05, 4.69) is 4.98 Å². The Balaban J connectivity index is 2.21. The lowest BCUT2D eigenvalue weighted by molar-refractivity contribution is -0.141. The van der Waals surface area contributed by atoms with Crippen LogP contribution in [0, 0.1) is 5.92 Å². The number of nitrogens with zero attached hydrogens (tertiary/aromatic N) is 2. The zero-order chi connectivity index (χ0) is 10.1. The first-order chi connectivity index (χ1) is 6.68. The fraction of sp³-hybridized carbons (Fsp3) is 0.556. The van der Waals surface area contributed by atoms with Crippen LogP contribution in [0.3, 0.4) is 0 Å². The quantitative estimate of drug-likeness (QED) is 0.790. The number of aliphatic carboxylic acids is 1. The van der Waals surface area contributed by atoms with E-state index in [1.54, 1.807) is 5.51 Å². The van der Waals surface area contributed by atoms with Gasteiger partial charge in [-0.3, -0.25) is 4.79 Å². The summed E-state index contributed by atoms with van der Waals surface area (Å²) in [6.45, 7) is 1.41. The van der Waals surface area contributed by atoms with Crippen molar-refractivity contribution < 1.29 is 9.90 Å². The van der Waals surface area contributed by atoms with Gasteiger partial charge in [-0.25, -0.2) is 4.98 Å². The second kappa shape index (κ2) is 3.67. The Hall–Kier alpha value is -0.940. The zero-order valence-corrected chi connectivity index (χ0v) is 8.70. The minimum atomic E-state index is -0.715. The van der Waals surface area contributed by atoms with Crippen LogP contribution in [0.25, 0.3) is 0 Å². The van der Waals surface area contributed by atoms with Gasteiger partial charge in [0.05, 0.1) is 17.1 Å². The van der Waals surface area contributed by atoms with Crippen molar-refractivity contribution in [2.75, 3.05) is 20.1 Å². The average Bonchev–Trinajstić information content (AvgIpc) is 2.70. The van der Waals surface area contributed by atoms with E-state index in [0.717, 1.165) is 12.2 Å². The van der Waals surface area contributed by atoms with Crippen molar-refractivity contribution in [3.8, 4) is 0 Å². The van der Waals surface area contributed by atoms with Crippen molar-refractivity contribution in [3.63, 3.8) is 0 Å². The smallest absolute Gasteiger partial charge is 0.308 e. The van der Waals surface area contributed by atoms with Crippen LogP contribution in [0.5, 0.6) is 0 Å². The Morgan fingerprint density at radius 2 is 2.50 bits per heavy atom. The normalized spacial score (nSPS) is 28.1. The third-order valence-electron chi connectivity index (χ3n) is 2.65. The molecule has 2 rings (SSSR count). The molecule has 14 heavy (non-hydrogen) atoms. The lowest BCUT2D eigenvalue weighted by Gasteiger charge is -2.11. The predicted octanol–water partition coefficient (Wildman–Crippen LogP) is 0.873. The molecular formula is C9H12N2O2S. The van der Waals surface area contributed by atoms with Crippen LogP contribution in [0.15, 0.2) is 10.9 Å². The first-order valence-corrected chi connectivity index (χ1v) is 5.42. The van der Waals surface area contributed by atoms with Gasteiger partial charge < -0.3 is 10.0 Å². The molecule has 1 aromatic heterocycles. The molecule has 0 amide bonds. The Morgan fingerprint density at radius 1 is 1.71 bits per heavy atom. The van der Waals surface area contributed by atoms with Gasteiger partial charge in [-0.2, -0.15) is 0 Å². The molecule has 0 radical (unpaired) electrons. The topological polar surface area (TPSA) is 53.4 Å². The zero-order valence-electron chi connectivity index (χ0n) is 7.88. The standard InChI is InChI=1S/C9H12N2O2S/c1-11-2-6(7(3-11)9(12)13)8-4-14-5-10-8/h4-7H,2-3H2,1H3,(H,12,13)/t6-,7-/m0/s1. The molecule has 0 aromatic carbocycles. The average molecular weight is 212 g/mol. The van der Waals surface area contributed by atoms with E-state index in [4.69, 9.17) is 5.11 Å². The maximum Gasteiger partial charge on any atom is 0.308 e. The number of carbonyl (C=O) groups is 1. The molecule has 1 aliphatic heterocycles. The summed E-state index contributed by atoms with van der Waals surface area (Å²) in [6.07, 6.45) is 0. The number of aromatic nitrogens is 1. The fourth-order valence-electron chi connectivity index (χ4n) is 1.96. The number of carboxylic acids is 1. The molecule has 76 valence electrons. The van der Waals surface area contributed by atoms with Crippen LogP contribution < -0.4 is 0 Å². The van der Waals surface area contributed by atoms with Crippen LogP contribution in [-0.4, -0.2) is 41.1 Å². The summed E-state index contributed by atoms with van der Waals surface area (Å²) < 4.78 is 0. The minimum absolute atomic E-state index is 0.0590. The number of hydrogen-bond acceptors (Lipinski definition) is 4. The van der Waals surface area contributed by atoms with Crippen molar-refractivity contribution >= 4 is 17.3 Å². The van der Waals surface area contributed by atoms with Gasteiger partial charge in [-0.15, -0.1) is 11.3 Å². The van der Waals surface area contributed by atoms with Gasteiger partial charge >= 0.3 is 5.97 Å². The van der Waals surface area contributed by atoms with Gasteiger partial charge in [0.1, 0.15) is 0 Å². The first kappa shape index (κ1) is 9.61. The molecule has 0 spiro atoms. The largest absolute Gasteiger partial charge is 0.481 e. The van der Waals surface area contributed by atoms with E-state index >= 15 is 0 Å². The molecule has 1 fully saturated rings. The number of thiazole rings is 1. The monoisotopic (exact) mass is 212 g/mol. The van der Waals surface area contributed by atoms with Crippen LogP contribution in [-0.2, 0) is 4.79 Å². The summed E-state index contributed by atoms with van der Waals surface area (Å²) in [6, 6.07) is 0. The third kappa shape index (κ3) is 1.65. The van der Waals surface area contributed by atoms with Crippen molar-refractivity contribution in [2.45, 2.75) is 5.92 Å². The highest BCUT2D eigenvalue weighted by Crippen LogP contribution is 2.31. The Morgan fingerprint density at radius 3 is 3.07 bits per heavy atom. The molecule has 4 nitrogen and oxygen atoms in total. The maximum atomic E-state index is 11.0. The highest BCUT2D eigenvalue weighted by atomic mass is 32.1. The van der Waals surface area contributed by atoms with Crippen LogP contribution in [0.4, 0.5) is 0 Å². The summed E-state index contributed by atoms with van der Waals surface area (Å²) in [5.41, 5.74) is 2.68. The molecule has 0 aliphatic carbocycles. The summed E-state index contributed by atoms with van der Waals surface area (Å²) in [5, 5.41) is 11.0. The molecule has 1 aromatic rings. The molecule has 5 heteroatoms. The first-order valence-electron chi connectivity index (χ1n) is 4.48. The number of rotatable bonds is 2. The van der Waals surface area contributed by atoms with Gasteiger partial charge in [-0.1, -0.05) is 0 Å². The highest BCUT2D eigenvalue weighted by Gasteiger charge is 2.37. The molecule has 0 saturated carbocycles. The van der Waals surface area contributed by atoms with Crippen molar-refractivity contribution in [1.82, 2.24) is 9.88 Å². The lowest BCUT2D eigenvalue weighted by atomic mass is 9.94. The molecule has 0 bridgehead atoms. The van der Waals surface area contributed by atoms with Crippen molar-refractivity contribution in [3.05, 3.63) is 16.6 Å². The van der Waals surface area contributed by atoms with Crippen LogP contribution in [0.2, 0.25) is 0 Å². The van der Waals surface area contributed by atoms with Crippen molar-refractivity contribution in [2.24, 2.45) is 5.92 Å². The lowest BCUT2D eigenvalue weighted by Crippen LogP contribution is -2.21. The van der Waals surface area contributed by atoms with Crippen LogP contribution in [0.1, 0.15) is 11.6 Å². The van der Waals surface area contributed by atoms with E-state index in [9.17, 15) is 4.79 Å². The number of likely N-dealkylation sites (N-methyl/N-ethyl adjacent to an activating group) is 1. The van der Waals surface area contributed by atoms with E-state index in [1.165, 1.54) is 11.3 Å². The summed E-state index contributed by atoms with van der Waals surface area (Å²) >= 11 is 1.52. The fourth-order valence-corrected chi connectivity index (χ4v) is 2.57. The minimum Gasteiger partial charge on any atom is -0.481 e. The van der Waals surface area contributed by atoms with Gasteiger partial charge in [0.2, 0.25) is 0 Å². The number of likely N-dealkylation sites (tertiary alicyclic amines) is 1. The van der Waals surface area contributed by atoms with Crippen LogP contribution >= 0.6 is 11.3 Å². The molecule has 2 heterocycles. The number of hydrogen-bond donors (Lipinski definition) is 1. The summed E-state index contributed by atoms with van der Waals surface area (Å²) in [4.78, 5) is 17.2. The van der Waals surface area contributed by atoms with Gasteiger partial charge in [0.15, 0.2) is 0 Å². The maximum absolute atomic E-state index is 11.0. The Kier molecular flexibility index (Phi) is 2.52. The van der Waals surface area contributed by atoms with E-state index in [0.29, 0.717) is 6.54 Å². The summed E-state index contributed by atoms with van der Waals surface area (Å²) in [7, 11) is 1.95. The van der Waals surface area contributed by atoms with Gasteiger partial charge in [0.25, 0.3) is 0 Å². The molecule has 1 aliphatic rings. The second-order valence-corrected chi connectivity index (χ2v) is 4.40. The van der Waals surface area contributed by atoms with Gasteiger partial charge in [0, 0.05) is 24.4 Å². The Labute approximate surface area is 86.2 Å². The predicted molar refractivity (Wildman–Crippen MR) is 53.5 cm³/mol.